The summed E-state index contributed by atoms with van der Waals surface area (Å²) in [5.41, 5.74) is 1.63. The fourth-order valence-electron chi connectivity index (χ4n) is 1.69. The van der Waals surface area contributed by atoms with Crippen molar-refractivity contribution in [2.75, 3.05) is 7.11 Å². The summed E-state index contributed by atoms with van der Waals surface area (Å²) < 4.78 is 5.24. The number of hydrogen-bond acceptors (Lipinski definition) is 3. The molecule has 0 fully saturated rings. The number of methoxy groups -OCH3 is 1. The van der Waals surface area contributed by atoms with Crippen molar-refractivity contribution in [1.29, 1.82) is 0 Å². The van der Waals surface area contributed by atoms with Crippen LogP contribution < -0.4 is 0 Å². The Morgan fingerprint density at radius 3 is 2.83 bits per heavy atom. The van der Waals surface area contributed by atoms with E-state index >= 15 is 0 Å². The van der Waals surface area contributed by atoms with Gasteiger partial charge in [-0.25, -0.2) is 0 Å². The molecule has 1 aliphatic rings. The third-order valence-electron chi connectivity index (χ3n) is 2.62. The van der Waals surface area contributed by atoms with Gasteiger partial charge in [0.15, 0.2) is 0 Å². The zero-order valence-electron chi connectivity index (χ0n) is 10.1. The van der Waals surface area contributed by atoms with Crippen molar-refractivity contribution in [2.24, 2.45) is 4.99 Å². The van der Waals surface area contributed by atoms with Gasteiger partial charge in [0.05, 0.1) is 12.8 Å². The fraction of sp³-hybridized carbons (Fsp3) is 0.214. The van der Waals surface area contributed by atoms with E-state index in [0.29, 0.717) is 5.56 Å². The van der Waals surface area contributed by atoms with Crippen LogP contribution in [0.4, 0.5) is 0 Å². The van der Waals surface area contributed by atoms with Crippen molar-refractivity contribution in [1.82, 2.24) is 0 Å². The first-order valence-corrected chi connectivity index (χ1v) is 5.57. The molecular weight excluding hydrogens is 273 g/mol. The van der Waals surface area contributed by atoms with E-state index in [2.05, 4.69) is 11.1 Å². The first-order valence-electron chi connectivity index (χ1n) is 5.57. The summed E-state index contributed by atoms with van der Waals surface area (Å²) in [7, 11) is 1.64. The molecule has 0 saturated carbocycles. The maximum absolute atomic E-state index is 9.61. The molecule has 1 aliphatic carbocycles. The number of rotatable bonds is 3. The summed E-state index contributed by atoms with van der Waals surface area (Å²) in [5.74, 6) is 1.03. The van der Waals surface area contributed by atoms with Crippen molar-refractivity contribution in [2.45, 2.75) is 12.8 Å². The van der Waals surface area contributed by atoms with Crippen molar-refractivity contribution in [3.8, 4) is 5.75 Å². The van der Waals surface area contributed by atoms with Crippen LogP contribution in [0.25, 0.3) is 0 Å². The summed E-state index contributed by atoms with van der Waals surface area (Å²) in [5, 5.41) is 9.61. The van der Waals surface area contributed by atoms with E-state index in [1.807, 2.05) is 18.2 Å². The molecule has 0 saturated heterocycles. The molecule has 0 aromatic heterocycles. The minimum absolute atomic E-state index is 0. The largest absolute Gasteiger partial charge is 0.507 e. The van der Waals surface area contributed by atoms with E-state index in [0.717, 1.165) is 24.3 Å². The SMILES string of the molecule is COC1=C(N=Cc2ccccc2O)CCC=C1.[Co]. The van der Waals surface area contributed by atoms with Crippen LogP contribution in [-0.4, -0.2) is 18.4 Å². The van der Waals surface area contributed by atoms with Gasteiger partial charge in [-0.3, -0.25) is 4.99 Å². The number of aromatic hydroxyl groups is 1. The van der Waals surface area contributed by atoms with Crippen molar-refractivity contribution < 1.29 is 26.6 Å². The Kier molecular flexibility index (Phi) is 5.68. The summed E-state index contributed by atoms with van der Waals surface area (Å²) in [4.78, 5) is 4.38. The van der Waals surface area contributed by atoms with E-state index in [4.69, 9.17) is 4.74 Å². The molecule has 0 heterocycles. The molecule has 0 amide bonds. The van der Waals surface area contributed by atoms with Crippen molar-refractivity contribution in [3.63, 3.8) is 0 Å². The molecule has 1 aromatic rings. The number of allylic oxidation sites excluding steroid dienone is 3. The Morgan fingerprint density at radius 1 is 1.33 bits per heavy atom. The molecule has 3 nitrogen and oxygen atoms in total. The van der Waals surface area contributed by atoms with Gasteiger partial charge in [0.2, 0.25) is 0 Å². The zero-order chi connectivity index (χ0) is 12.1. The number of para-hydroxylation sites is 1. The number of nitrogens with zero attached hydrogens (tertiary/aromatic N) is 1. The van der Waals surface area contributed by atoms with Crippen LogP contribution in [0.15, 0.2) is 52.9 Å². The number of benzene rings is 1. The normalized spacial score (nSPS) is 14.7. The number of phenolic OH excluding ortho intramolecular Hbond substituents is 1. The van der Waals surface area contributed by atoms with Gasteiger partial charge in [-0.05, 0) is 31.1 Å². The van der Waals surface area contributed by atoms with Crippen LogP contribution >= 0.6 is 0 Å². The van der Waals surface area contributed by atoms with Crippen LogP contribution in [0, 0.1) is 0 Å². The molecule has 1 N–H and O–H groups in total. The summed E-state index contributed by atoms with van der Waals surface area (Å²) in [6, 6.07) is 7.13. The molecule has 0 atom stereocenters. The van der Waals surface area contributed by atoms with Gasteiger partial charge in [-0.1, -0.05) is 18.2 Å². The second-order valence-electron chi connectivity index (χ2n) is 3.77. The minimum Gasteiger partial charge on any atom is -0.507 e. The molecule has 4 heteroatoms. The van der Waals surface area contributed by atoms with Crippen LogP contribution in [0.3, 0.4) is 0 Å². The van der Waals surface area contributed by atoms with Crippen LogP contribution in [0.2, 0.25) is 0 Å². The van der Waals surface area contributed by atoms with Crippen LogP contribution in [0.5, 0.6) is 5.75 Å². The Hall–Kier alpha value is -1.52. The number of hydrogen-bond donors (Lipinski definition) is 1. The molecule has 2 rings (SSSR count). The van der Waals surface area contributed by atoms with Crippen molar-refractivity contribution >= 4 is 6.21 Å². The predicted molar refractivity (Wildman–Crippen MR) is 68.1 cm³/mol. The monoisotopic (exact) mass is 288 g/mol. The molecule has 0 aliphatic heterocycles. The Morgan fingerprint density at radius 2 is 2.11 bits per heavy atom. The maximum atomic E-state index is 9.61. The summed E-state index contributed by atoms with van der Waals surface area (Å²) in [6.07, 6.45) is 7.51. The molecule has 0 unspecified atom stereocenters. The molecule has 18 heavy (non-hydrogen) atoms. The standard InChI is InChI=1S/C14H15NO2.Co/c1-17-14-9-5-3-7-12(14)15-10-11-6-2-4-8-13(11)16;/h2,4-6,8-10,16H,3,7H2,1H3;. The third kappa shape index (κ3) is 3.48. The van der Waals surface area contributed by atoms with E-state index < -0.39 is 0 Å². The molecule has 1 aromatic carbocycles. The van der Waals surface area contributed by atoms with Gasteiger partial charge in [0.25, 0.3) is 0 Å². The average molecular weight is 288 g/mol. The fourth-order valence-corrected chi connectivity index (χ4v) is 1.69. The van der Waals surface area contributed by atoms with Gasteiger partial charge < -0.3 is 9.84 Å². The van der Waals surface area contributed by atoms with E-state index in [9.17, 15) is 5.11 Å². The first-order chi connectivity index (χ1) is 8.31. The van der Waals surface area contributed by atoms with E-state index in [1.54, 1.807) is 25.5 Å². The molecule has 0 spiro atoms. The summed E-state index contributed by atoms with van der Waals surface area (Å²) >= 11 is 0. The smallest absolute Gasteiger partial charge is 0.139 e. The third-order valence-corrected chi connectivity index (χ3v) is 2.62. The molecule has 97 valence electrons. The second kappa shape index (κ2) is 7.03. The zero-order valence-corrected chi connectivity index (χ0v) is 11.1. The van der Waals surface area contributed by atoms with Gasteiger partial charge in [0, 0.05) is 28.6 Å². The first kappa shape index (κ1) is 14.5. The average Bonchev–Trinajstić information content (AvgIpc) is 2.38. The maximum Gasteiger partial charge on any atom is 0.139 e. The van der Waals surface area contributed by atoms with Crippen LogP contribution in [-0.2, 0) is 21.5 Å². The molecule has 0 bridgehead atoms. The Labute approximate surface area is 117 Å². The second-order valence-corrected chi connectivity index (χ2v) is 3.77. The van der Waals surface area contributed by atoms with Crippen molar-refractivity contribution in [3.05, 3.63) is 53.4 Å². The Bertz CT molecular complexity index is 492. The number of phenols is 1. The predicted octanol–water partition coefficient (Wildman–Crippen LogP) is 3.02. The quantitative estimate of drug-likeness (QED) is 0.869. The summed E-state index contributed by atoms with van der Waals surface area (Å²) in [6.45, 7) is 0. The minimum atomic E-state index is 0. The van der Waals surface area contributed by atoms with E-state index in [-0.39, 0.29) is 22.5 Å². The van der Waals surface area contributed by atoms with Gasteiger partial charge >= 0.3 is 0 Å². The van der Waals surface area contributed by atoms with E-state index in [1.165, 1.54) is 0 Å². The number of ether oxygens (including phenoxy) is 1. The van der Waals surface area contributed by atoms with Gasteiger partial charge in [-0.2, -0.15) is 0 Å². The van der Waals surface area contributed by atoms with Gasteiger partial charge in [-0.15, -0.1) is 0 Å². The van der Waals surface area contributed by atoms with Crippen LogP contribution in [0.1, 0.15) is 18.4 Å². The number of aliphatic imine (C=N–C) groups is 1. The topological polar surface area (TPSA) is 41.8 Å². The van der Waals surface area contributed by atoms with Gasteiger partial charge in [0.1, 0.15) is 11.5 Å². The molecule has 1 radical (unpaired) electrons. The molecular formula is C14H15CoNO2. The Balaban J connectivity index is 0.00000162.